The minimum atomic E-state index is -1.20. The van der Waals surface area contributed by atoms with Crippen LogP contribution in [0.4, 0.5) is 0 Å². The van der Waals surface area contributed by atoms with Crippen LogP contribution in [0.25, 0.3) is 0 Å². The van der Waals surface area contributed by atoms with Gasteiger partial charge in [-0.1, -0.05) is 13.3 Å². The van der Waals surface area contributed by atoms with Crippen molar-refractivity contribution < 1.29 is 9.00 Å². The minimum Gasteiger partial charge on any atom is -0.274 e. The van der Waals surface area contributed by atoms with Crippen molar-refractivity contribution in [3.8, 4) is 0 Å². The number of carbonyl (C=O) groups is 1. The molecule has 4 nitrogen and oxygen atoms in total. The summed E-state index contributed by atoms with van der Waals surface area (Å²) in [5, 5.41) is 1.24. The van der Waals surface area contributed by atoms with E-state index in [4.69, 9.17) is 0 Å². The first-order valence-corrected chi connectivity index (χ1v) is 8.31. The summed E-state index contributed by atoms with van der Waals surface area (Å²) in [4.78, 5) is 16.1. The van der Waals surface area contributed by atoms with Crippen molar-refractivity contribution in [2.75, 3.05) is 12.5 Å². The van der Waals surface area contributed by atoms with Gasteiger partial charge in [-0.2, -0.15) is 0 Å². The van der Waals surface area contributed by atoms with E-state index in [9.17, 15) is 9.00 Å². The molecule has 0 saturated carbocycles. The number of aryl methyl sites for hydroxylation is 1. The lowest BCUT2D eigenvalue weighted by Crippen LogP contribution is -2.14. The van der Waals surface area contributed by atoms with Gasteiger partial charge in [-0.05, 0) is 12.7 Å². The van der Waals surface area contributed by atoms with Gasteiger partial charge in [0.2, 0.25) is 5.91 Å². The maximum Gasteiger partial charge on any atom is 0.229 e. The Bertz CT molecular complexity index is 441. The molecule has 1 heterocycles. The summed E-state index contributed by atoms with van der Waals surface area (Å²) in [6.45, 7) is 3.58. The Hall–Kier alpha value is -0.620. The van der Waals surface area contributed by atoms with E-state index in [0.717, 1.165) is 25.1 Å². The van der Waals surface area contributed by atoms with E-state index < -0.39 is 10.8 Å². The van der Waals surface area contributed by atoms with Crippen molar-refractivity contribution in [3.05, 3.63) is 5.82 Å². The standard InChI is InChI=1S/C11H18N2O2S2/c1-5-6-7-9-12-10(16-3)11(17(4)15)13(9)8(2)14/h5-7H2,1-4H3. The zero-order valence-electron chi connectivity index (χ0n) is 10.6. The molecule has 0 aliphatic carbocycles. The van der Waals surface area contributed by atoms with Crippen molar-refractivity contribution in [1.82, 2.24) is 9.55 Å². The predicted molar refractivity (Wildman–Crippen MR) is 71.3 cm³/mol. The fourth-order valence-corrected chi connectivity index (χ4v) is 3.49. The molecule has 96 valence electrons. The number of carbonyl (C=O) groups excluding carboxylic acids is 1. The largest absolute Gasteiger partial charge is 0.274 e. The monoisotopic (exact) mass is 274 g/mol. The van der Waals surface area contributed by atoms with E-state index in [2.05, 4.69) is 11.9 Å². The van der Waals surface area contributed by atoms with Crippen LogP contribution in [0.1, 0.15) is 37.3 Å². The number of aromatic nitrogens is 2. The smallest absolute Gasteiger partial charge is 0.229 e. The Labute approximate surface area is 109 Å². The minimum absolute atomic E-state index is 0.117. The lowest BCUT2D eigenvalue weighted by atomic mass is 10.2. The molecular formula is C11H18N2O2S2. The molecule has 0 aliphatic rings. The number of unbranched alkanes of at least 4 members (excludes halogenated alkanes) is 1. The number of imidazole rings is 1. The van der Waals surface area contributed by atoms with Crippen molar-refractivity contribution >= 4 is 28.5 Å². The normalized spacial score (nSPS) is 12.7. The van der Waals surface area contributed by atoms with Crippen molar-refractivity contribution in [2.45, 2.75) is 43.2 Å². The summed E-state index contributed by atoms with van der Waals surface area (Å²) in [5.41, 5.74) is 0. The lowest BCUT2D eigenvalue weighted by molar-refractivity contribution is 0.0922. The third-order valence-corrected chi connectivity index (χ3v) is 4.13. The summed E-state index contributed by atoms with van der Waals surface area (Å²) in [5.74, 6) is 0.614. The number of hydrogen-bond acceptors (Lipinski definition) is 4. The van der Waals surface area contributed by atoms with E-state index in [1.54, 1.807) is 6.26 Å². The average molecular weight is 274 g/mol. The summed E-state index contributed by atoms with van der Waals surface area (Å²) in [6.07, 6.45) is 6.24. The molecule has 17 heavy (non-hydrogen) atoms. The predicted octanol–water partition coefficient (Wildman–Crippen LogP) is 2.35. The van der Waals surface area contributed by atoms with Crippen LogP contribution >= 0.6 is 11.8 Å². The zero-order valence-corrected chi connectivity index (χ0v) is 12.3. The molecule has 0 aromatic carbocycles. The molecule has 1 aromatic heterocycles. The third-order valence-electron chi connectivity index (χ3n) is 2.41. The Morgan fingerprint density at radius 3 is 2.59 bits per heavy atom. The van der Waals surface area contributed by atoms with Crippen LogP contribution in [0.2, 0.25) is 0 Å². The van der Waals surface area contributed by atoms with Gasteiger partial charge in [0.1, 0.15) is 15.9 Å². The molecule has 0 radical (unpaired) electrons. The number of rotatable bonds is 5. The number of hydrogen-bond donors (Lipinski definition) is 0. The maximum atomic E-state index is 11.7. The SMILES string of the molecule is CCCCc1nc(SC)c(S(C)=O)n1C(C)=O. The van der Waals surface area contributed by atoms with E-state index in [0.29, 0.717) is 10.1 Å². The quantitative estimate of drug-likeness (QED) is 0.773. The van der Waals surface area contributed by atoms with Gasteiger partial charge in [0.25, 0.3) is 0 Å². The van der Waals surface area contributed by atoms with Gasteiger partial charge in [0, 0.05) is 19.6 Å². The molecule has 0 bridgehead atoms. The van der Waals surface area contributed by atoms with Gasteiger partial charge >= 0.3 is 0 Å². The highest BCUT2D eigenvalue weighted by molar-refractivity contribution is 7.99. The molecule has 0 saturated heterocycles. The highest BCUT2D eigenvalue weighted by Gasteiger charge is 2.21. The Kier molecular flexibility index (Phi) is 5.39. The first-order chi connectivity index (χ1) is 8.02. The average Bonchev–Trinajstić information content (AvgIpc) is 2.64. The molecule has 1 rings (SSSR count). The van der Waals surface area contributed by atoms with Crippen molar-refractivity contribution in [1.29, 1.82) is 0 Å². The van der Waals surface area contributed by atoms with Gasteiger partial charge in [-0.15, -0.1) is 11.8 Å². The van der Waals surface area contributed by atoms with Crippen LogP contribution < -0.4 is 0 Å². The summed E-state index contributed by atoms with van der Waals surface area (Å²) >= 11 is 1.43. The second kappa shape index (κ2) is 6.35. The van der Waals surface area contributed by atoms with E-state index in [-0.39, 0.29) is 5.91 Å². The van der Waals surface area contributed by atoms with Gasteiger partial charge in [0.05, 0.1) is 10.8 Å². The van der Waals surface area contributed by atoms with Crippen LogP contribution in [-0.2, 0) is 17.2 Å². The van der Waals surface area contributed by atoms with Crippen LogP contribution in [-0.4, -0.2) is 32.2 Å². The first-order valence-electron chi connectivity index (χ1n) is 5.52. The molecule has 0 fully saturated rings. The zero-order chi connectivity index (χ0) is 13.0. The van der Waals surface area contributed by atoms with Crippen LogP contribution in [0.5, 0.6) is 0 Å². The fourth-order valence-electron chi connectivity index (χ4n) is 1.64. The molecule has 1 aromatic rings. The van der Waals surface area contributed by atoms with E-state index in [1.165, 1.54) is 23.3 Å². The summed E-state index contributed by atoms with van der Waals surface area (Å²) < 4.78 is 13.2. The molecule has 0 amide bonds. The van der Waals surface area contributed by atoms with Crippen LogP contribution in [0.3, 0.4) is 0 Å². The number of thioether (sulfide) groups is 1. The van der Waals surface area contributed by atoms with E-state index >= 15 is 0 Å². The van der Waals surface area contributed by atoms with Gasteiger partial charge in [0.15, 0.2) is 0 Å². The Morgan fingerprint density at radius 2 is 2.18 bits per heavy atom. The van der Waals surface area contributed by atoms with E-state index in [1.807, 2.05) is 6.26 Å². The highest BCUT2D eigenvalue weighted by Crippen LogP contribution is 2.24. The maximum absolute atomic E-state index is 11.7. The molecule has 0 aliphatic heterocycles. The number of nitrogens with zero attached hydrogens (tertiary/aromatic N) is 2. The molecule has 1 unspecified atom stereocenters. The Balaban J connectivity index is 3.30. The molecule has 6 heteroatoms. The highest BCUT2D eigenvalue weighted by atomic mass is 32.2. The van der Waals surface area contributed by atoms with Crippen LogP contribution in [0, 0.1) is 0 Å². The van der Waals surface area contributed by atoms with Gasteiger partial charge in [-0.25, -0.2) is 4.98 Å². The molecule has 1 atom stereocenters. The van der Waals surface area contributed by atoms with Gasteiger partial charge < -0.3 is 0 Å². The first kappa shape index (κ1) is 14.4. The fraction of sp³-hybridized carbons (Fsp3) is 0.636. The molecular weight excluding hydrogens is 256 g/mol. The second-order valence-electron chi connectivity index (χ2n) is 3.75. The van der Waals surface area contributed by atoms with Crippen LogP contribution in [0.15, 0.2) is 10.1 Å². The summed E-state index contributed by atoms with van der Waals surface area (Å²) in [7, 11) is -1.20. The topological polar surface area (TPSA) is 52.0 Å². The second-order valence-corrected chi connectivity index (χ2v) is 5.84. The molecule has 0 N–H and O–H groups in total. The lowest BCUT2D eigenvalue weighted by Gasteiger charge is -2.05. The van der Waals surface area contributed by atoms with Crippen molar-refractivity contribution in [3.63, 3.8) is 0 Å². The Morgan fingerprint density at radius 1 is 1.53 bits per heavy atom. The van der Waals surface area contributed by atoms with Crippen molar-refractivity contribution in [2.24, 2.45) is 0 Å². The summed E-state index contributed by atoms with van der Waals surface area (Å²) in [6, 6.07) is 0. The molecule has 0 spiro atoms. The third kappa shape index (κ3) is 3.19. The van der Waals surface area contributed by atoms with Gasteiger partial charge in [-0.3, -0.25) is 13.6 Å².